The lowest BCUT2D eigenvalue weighted by atomic mass is 9.93. The molecule has 5 heteroatoms. The van der Waals surface area contributed by atoms with Gasteiger partial charge >= 0.3 is 0 Å². The molecule has 2 aliphatic rings. The average Bonchev–Trinajstić information content (AvgIpc) is 2.94. The van der Waals surface area contributed by atoms with Gasteiger partial charge in [-0.3, -0.25) is 4.79 Å². The van der Waals surface area contributed by atoms with Crippen molar-refractivity contribution in [3.05, 3.63) is 34.0 Å². The van der Waals surface area contributed by atoms with Crippen molar-refractivity contribution < 1.29 is 10.2 Å². The van der Waals surface area contributed by atoms with Crippen LogP contribution in [0.4, 0.5) is 0 Å². The molecule has 1 aromatic heterocycles. The van der Waals surface area contributed by atoms with Gasteiger partial charge in [0.05, 0.1) is 24.2 Å². The minimum atomic E-state index is -0.761. The van der Waals surface area contributed by atoms with Crippen molar-refractivity contribution in [3.8, 4) is 0 Å². The molecule has 5 nitrogen and oxygen atoms in total. The highest BCUT2D eigenvalue weighted by Crippen LogP contribution is 2.43. The molecule has 1 saturated carbocycles. The van der Waals surface area contributed by atoms with E-state index < -0.39 is 12.2 Å². The summed E-state index contributed by atoms with van der Waals surface area (Å²) in [6, 6.07) is 0. The van der Waals surface area contributed by atoms with Gasteiger partial charge < -0.3 is 15.2 Å². The molecule has 0 saturated heterocycles. The number of nitrogens with one attached hydrogen (secondary N) is 1. The first-order chi connectivity index (χ1) is 9.13. The van der Waals surface area contributed by atoms with Crippen LogP contribution in [0.1, 0.15) is 31.0 Å². The second-order valence-corrected chi connectivity index (χ2v) is 5.41. The normalized spacial score (nSPS) is 33.3. The molecular weight excluding hydrogens is 244 g/mol. The van der Waals surface area contributed by atoms with Crippen LogP contribution >= 0.6 is 0 Å². The summed E-state index contributed by atoms with van der Waals surface area (Å²) in [6.45, 7) is 2.02. The van der Waals surface area contributed by atoms with E-state index >= 15 is 0 Å². The predicted molar refractivity (Wildman–Crippen MR) is 70.4 cm³/mol. The Morgan fingerprint density at radius 3 is 2.89 bits per heavy atom. The van der Waals surface area contributed by atoms with Crippen molar-refractivity contribution in [1.29, 1.82) is 0 Å². The standard InChI is InChI=1S/C14H18N2O3/c1-2-7-5-10(13(18)12(7)17)8-3-4-9-11(8)15-6-16-14(9)19/h3,6-7,10,12-13,17-18H,2,4-5H2,1H3,(H,15,16,19)/t7-,10-,12+,13-/m0/s1. The van der Waals surface area contributed by atoms with Crippen LogP contribution in [0.5, 0.6) is 0 Å². The van der Waals surface area contributed by atoms with E-state index in [1.165, 1.54) is 6.33 Å². The molecule has 0 amide bonds. The van der Waals surface area contributed by atoms with Crippen LogP contribution in [-0.2, 0) is 6.42 Å². The lowest BCUT2D eigenvalue weighted by Crippen LogP contribution is -2.28. The first-order valence-corrected chi connectivity index (χ1v) is 6.76. The van der Waals surface area contributed by atoms with Gasteiger partial charge in [-0.05, 0) is 24.3 Å². The fraction of sp³-hybridized carbons (Fsp3) is 0.571. The highest BCUT2D eigenvalue weighted by Gasteiger charge is 2.43. The number of aromatic nitrogens is 2. The maximum Gasteiger partial charge on any atom is 0.254 e. The summed E-state index contributed by atoms with van der Waals surface area (Å²) >= 11 is 0. The van der Waals surface area contributed by atoms with Gasteiger partial charge in [-0.15, -0.1) is 0 Å². The van der Waals surface area contributed by atoms with Gasteiger partial charge in [-0.25, -0.2) is 4.98 Å². The third-order valence-electron chi connectivity index (χ3n) is 4.47. The maximum absolute atomic E-state index is 11.7. The highest BCUT2D eigenvalue weighted by molar-refractivity contribution is 5.72. The summed E-state index contributed by atoms with van der Waals surface area (Å²) < 4.78 is 0. The van der Waals surface area contributed by atoms with E-state index in [2.05, 4.69) is 9.97 Å². The maximum atomic E-state index is 11.7. The Hall–Kier alpha value is -1.46. The minimum absolute atomic E-state index is 0.115. The van der Waals surface area contributed by atoms with Crippen molar-refractivity contribution in [3.63, 3.8) is 0 Å². The molecule has 1 aromatic rings. The number of aliphatic hydroxyl groups is 2. The van der Waals surface area contributed by atoms with E-state index in [0.29, 0.717) is 17.7 Å². The summed E-state index contributed by atoms with van der Waals surface area (Å²) in [5, 5.41) is 20.2. The number of allylic oxidation sites excluding steroid dienone is 1. The largest absolute Gasteiger partial charge is 0.390 e. The number of H-pyrrole nitrogens is 1. The number of nitrogens with zero attached hydrogens (tertiary/aromatic N) is 1. The summed E-state index contributed by atoms with van der Waals surface area (Å²) in [7, 11) is 0. The molecule has 0 spiro atoms. The Kier molecular flexibility index (Phi) is 3.03. The van der Waals surface area contributed by atoms with Crippen LogP contribution in [-0.4, -0.2) is 32.4 Å². The summed E-state index contributed by atoms with van der Waals surface area (Å²) in [5.74, 6) is 0.00227. The molecule has 4 atom stereocenters. The van der Waals surface area contributed by atoms with Crippen molar-refractivity contribution in [2.45, 2.75) is 38.4 Å². The van der Waals surface area contributed by atoms with Crippen LogP contribution < -0.4 is 5.56 Å². The van der Waals surface area contributed by atoms with Gasteiger partial charge in [0.25, 0.3) is 5.56 Å². The zero-order valence-electron chi connectivity index (χ0n) is 10.8. The molecular formula is C14H18N2O3. The van der Waals surface area contributed by atoms with Crippen molar-refractivity contribution in [2.75, 3.05) is 0 Å². The molecule has 0 bridgehead atoms. The quantitative estimate of drug-likeness (QED) is 0.723. The summed E-state index contributed by atoms with van der Waals surface area (Å²) in [6.07, 6.45) is 4.08. The van der Waals surface area contributed by atoms with E-state index in [0.717, 1.165) is 18.4 Å². The zero-order chi connectivity index (χ0) is 13.6. The van der Waals surface area contributed by atoms with Crippen LogP contribution in [0, 0.1) is 11.8 Å². The molecule has 0 unspecified atom stereocenters. The van der Waals surface area contributed by atoms with Crippen LogP contribution in [0.25, 0.3) is 5.57 Å². The average molecular weight is 262 g/mol. The summed E-state index contributed by atoms with van der Waals surface area (Å²) in [4.78, 5) is 18.5. The van der Waals surface area contributed by atoms with Gasteiger partial charge in [0, 0.05) is 11.5 Å². The third-order valence-corrected chi connectivity index (χ3v) is 4.47. The molecule has 2 aliphatic carbocycles. The smallest absolute Gasteiger partial charge is 0.254 e. The van der Waals surface area contributed by atoms with E-state index in [9.17, 15) is 15.0 Å². The van der Waals surface area contributed by atoms with Crippen molar-refractivity contribution in [2.24, 2.45) is 11.8 Å². The Morgan fingerprint density at radius 1 is 1.42 bits per heavy atom. The monoisotopic (exact) mass is 262 g/mol. The molecule has 0 radical (unpaired) electrons. The molecule has 0 aromatic carbocycles. The first kappa shape index (κ1) is 12.6. The number of rotatable bonds is 2. The zero-order valence-corrected chi connectivity index (χ0v) is 10.8. The van der Waals surface area contributed by atoms with Crippen molar-refractivity contribution >= 4 is 5.57 Å². The Labute approximate surface area is 111 Å². The fourth-order valence-corrected chi connectivity index (χ4v) is 3.34. The SMILES string of the molecule is CC[C@H]1C[C@@H](C2=CCc3c2nc[nH]c3=O)[C@H](O)[C@@H]1O. The van der Waals surface area contributed by atoms with Crippen LogP contribution in [0.3, 0.4) is 0 Å². The second-order valence-electron chi connectivity index (χ2n) is 5.41. The topological polar surface area (TPSA) is 86.2 Å². The number of aliphatic hydroxyl groups excluding tert-OH is 2. The molecule has 1 heterocycles. The molecule has 0 aliphatic heterocycles. The van der Waals surface area contributed by atoms with Gasteiger partial charge in [0.2, 0.25) is 0 Å². The van der Waals surface area contributed by atoms with Gasteiger partial charge in [-0.2, -0.15) is 0 Å². The van der Waals surface area contributed by atoms with E-state index in [1.807, 2.05) is 13.0 Å². The van der Waals surface area contributed by atoms with Crippen LogP contribution in [0.15, 0.2) is 17.2 Å². The van der Waals surface area contributed by atoms with E-state index in [1.54, 1.807) is 0 Å². The molecule has 19 heavy (non-hydrogen) atoms. The first-order valence-electron chi connectivity index (χ1n) is 6.76. The molecule has 3 N–H and O–H groups in total. The predicted octanol–water partition coefficient (Wildman–Crippen LogP) is 0.477. The van der Waals surface area contributed by atoms with Gasteiger partial charge in [0.1, 0.15) is 0 Å². The van der Waals surface area contributed by atoms with Gasteiger partial charge in [0.15, 0.2) is 0 Å². The number of hydrogen-bond acceptors (Lipinski definition) is 4. The van der Waals surface area contributed by atoms with Crippen molar-refractivity contribution in [1.82, 2.24) is 9.97 Å². The highest BCUT2D eigenvalue weighted by atomic mass is 16.3. The fourth-order valence-electron chi connectivity index (χ4n) is 3.34. The van der Waals surface area contributed by atoms with E-state index in [4.69, 9.17) is 0 Å². The number of hydrogen-bond donors (Lipinski definition) is 3. The second kappa shape index (κ2) is 4.58. The van der Waals surface area contributed by atoms with Gasteiger partial charge in [-0.1, -0.05) is 19.4 Å². The molecule has 1 fully saturated rings. The lowest BCUT2D eigenvalue weighted by molar-refractivity contribution is 0.0113. The summed E-state index contributed by atoms with van der Waals surface area (Å²) in [5.41, 5.74) is 2.16. The Bertz CT molecular complexity index is 578. The Morgan fingerprint density at radius 2 is 2.21 bits per heavy atom. The number of fused-ring (bicyclic) bond motifs is 1. The molecule has 3 rings (SSSR count). The van der Waals surface area contributed by atoms with Crippen LogP contribution in [0.2, 0.25) is 0 Å². The molecule has 102 valence electrons. The van der Waals surface area contributed by atoms with E-state index in [-0.39, 0.29) is 17.4 Å². The third kappa shape index (κ3) is 1.84. The Balaban J connectivity index is 1.95. The number of aromatic amines is 1. The lowest BCUT2D eigenvalue weighted by Gasteiger charge is -2.18. The minimum Gasteiger partial charge on any atom is -0.390 e.